The molecule has 0 aliphatic rings. The standard InChI is InChI=1S/C17H19Cl2NO2/c1-17(2,3)11-21-10-12-6-4-9-15(20-12)22-16-13(18)7-5-8-14(16)19/h4-9H,10-11H2,1-3H3. The van der Waals surface area contributed by atoms with Crippen LogP contribution in [0.5, 0.6) is 11.6 Å². The minimum Gasteiger partial charge on any atom is -0.436 e. The van der Waals surface area contributed by atoms with Crippen LogP contribution in [0.2, 0.25) is 10.0 Å². The van der Waals surface area contributed by atoms with Crippen LogP contribution in [-0.4, -0.2) is 11.6 Å². The van der Waals surface area contributed by atoms with Crippen molar-refractivity contribution in [2.24, 2.45) is 5.41 Å². The zero-order valence-corrected chi connectivity index (χ0v) is 14.4. The average Bonchev–Trinajstić information content (AvgIpc) is 2.42. The highest BCUT2D eigenvalue weighted by molar-refractivity contribution is 6.37. The first-order chi connectivity index (χ1) is 10.3. The van der Waals surface area contributed by atoms with Crippen LogP contribution in [0.25, 0.3) is 0 Å². The highest BCUT2D eigenvalue weighted by Crippen LogP contribution is 2.35. The van der Waals surface area contributed by atoms with Crippen molar-refractivity contribution in [2.75, 3.05) is 6.61 Å². The molecule has 0 aliphatic heterocycles. The normalized spacial score (nSPS) is 11.5. The molecule has 0 unspecified atom stereocenters. The highest BCUT2D eigenvalue weighted by Gasteiger charge is 2.11. The first-order valence-corrected chi connectivity index (χ1v) is 7.76. The van der Waals surface area contributed by atoms with Crippen molar-refractivity contribution >= 4 is 23.2 Å². The fraction of sp³-hybridized carbons (Fsp3) is 0.353. The summed E-state index contributed by atoms with van der Waals surface area (Å²) < 4.78 is 11.4. The third kappa shape index (κ3) is 5.16. The Hall–Kier alpha value is -1.29. The van der Waals surface area contributed by atoms with E-state index in [1.165, 1.54) is 0 Å². The maximum absolute atomic E-state index is 6.09. The number of benzene rings is 1. The molecule has 22 heavy (non-hydrogen) atoms. The second-order valence-electron chi connectivity index (χ2n) is 6.17. The third-order valence-electron chi connectivity index (χ3n) is 2.69. The lowest BCUT2D eigenvalue weighted by Crippen LogP contribution is -2.14. The summed E-state index contributed by atoms with van der Waals surface area (Å²) in [7, 11) is 0. The van der Waals surface area contributed by atoms with Gasteiger partial charge in [-0.2, -0.15) is 0 Å². The molecule has 0 saturated heterocycles. The largest absolute Gasteiger partial charge is 0.436 e. The number of hydrogen-bond acceptors (Lipinski definition) is 3. The minimum absolute atomic E-state index is 0.124. The van der Waals surface area contributed by atoms with E-state index in [0.717, 1.165) is 5.69 Å². The maximum Gasteiger partial charge on any atom is 0.219 e. The van der Waals surface area contributed by atoms with Gasteiger partial charge in [0.05, 0.1) is 29.0 Å². The van der Waals surface area contributed by atoms with Gasteiger partial charge in [-0.3, -0.25) is 0 Å². The van der Waals surface area contributed by atoms with Crippen LogP contribution in [0.15, 0.2) is 36.4 Å². The second kappa shape index (κ2) is 7.32. The molecule has 5 heteroatoms. The van der Waals surface area contributed by atoms with E-state index >= 15 is 0 Å². The van der Waals surface area contributed by atoms with Crippen molar-refractivity contribution in [1.29, 1.82) is 0 Å². The Labute approximate surface area is 141 Å². The minimum atomic E-state index is 0.124. The fourth-order valence-corrected chi connectivity index (χ4v) is 2.22. The summed E-state index contributed by atoms with van der Waals surface area (Å²) in [4.78, 5) is 4.41. The number of aromatic nitrogens is 1. The van der Waals surface area contributed by atoms with Crippen LogP contribution >= 0.6 is 23.2 Å². The topological polar surface area (TPSA) is 31.4 Å². The smallest absolute Gasteiger partial charge is 0.219 e. The first kappa shape index (κ1) is 17.1. The summed E-state index contributed by atoms with van der Waals surface area (Å²) in [5.41, 5.74) is 0.920. The summed E-state index contributed by atoms with van der Waals surface area (Å²) in [6.45, 7) is 7.47. The van der Waals surface area contributed by atoms with Gasteiger partial charge in [0.15, 0.2) is 5.75 Å². The Morgan fingerprint density at radius 1 is 1.00 bits per heavy atom. The van der Waals surface area contributed by atoms with E-state index in [-0.39, 0.29) is 5.41 Å². The van der Waals surface area contributed by atoms with Crippen LogP contribution in [-0.2, 0) is 11.3 Å². The van der Waals surface area contributed by atoms with Gasteiger partial charge in [0.25, 0.3) is 0 Å². The Morgan fingerprint density at radius 2 is 1.64 bits per heavy atom. The quantitative estimate of drug-likeness (QED) is 0.695. The molecule has 0 fully saturated rings. The molecule has 0 aliphatic carbocycles. The summed E-state index contributed by atoms with van der Waals surface area (Å²) >= 11 is 12.2. The predicted octanol–water partition coefficient (Wildman–Crippen LogP) is 5.74. The molecule has 1 aromatic carbocycles. The number of para-hydroxylation sites is 1. The molecule has 3 nitrogen and oxygen atoms in total. The number of halogens is 2. The van der Waals surface area contributed by atoms with Crippen molar-refractivity contribution < 1.29 is 9.47 Å². The van der Waals surface area contributed by atoms with Crippen molar-refractivity contribution in [3.63, 3.8) is 0 Å². The number of rotatable bonds is 5. The van der Waals surface area contributed by atoms with Gasteiger partial charge in [-0.15, -0.1) is 0 Å². The van der Waals surface area contributed by atoms with E-state index in [1.54, 1.807) is 24.3 Å². The Morgan fingerprint density at radius 3 is 2.27 bits per heavy atom. The molecule has 0 N–H and O–H groups in total. The van der Waals surface area contributed by atoms with E-state index in [9.17, 15) is 0 Å². The van der Waals surface area contributed by atoms with Crippen LogP contribution < -0.4 is 4.74 Å². The molecular weight excluding hydrogens is 321 g/mol. The van der Waals surface area contributed by atoms with Crippen molar-refractivity contribution in [3.8, 4) is 11.6 Å². The lowest BCUT2D eigenvalue weighted by Gasteiger charge is -2.17. The molecule has 1 aromatic heterocycles. The summed E-state index contributed by atoms with van der Waals surface area (Å²) in [5, 5.41) is 0.896. The molecule has 0 saturated carbocycles. The third-order valence-corrected chi connectivity index (χ3v) is 3.29. The highest BCUT2D eigenvalue weighted by atomic mass is 35.5. The SMILES string of the molecule is CC(C)(C)COCc1cccc(Oc2c(Cl)cccc2Cl)n1. The average molecular weight is 340 g/mol. The molecular formula is C17H19Cl2NO2. The van der Waals surface area contributed by atoms with Crippen LogP contribution in [0.4, 0.5) is 0 Å². The van der Waals surface area contributed by atoms with E-state index in [0.29, 0.717) is 34.9 Å². The number of hydrogen-bond donors (Lipinski definition) is 0. The van der Waals surface area contributed by atoms with Crippen molar-refractivity contribution in [3.05, 3.63) is 52.1 Å². The van der Waals surface area contributed by atoms with Gasteiger partial charge in [0, 0.05) is 6.07 Å². The number of pyridine rings is 1. The van der Waals surface area contributed by atoms with Gasteiger partial charge in [0.2, 0.25) is 5.88 Å². The number of nitrogens with zero attached hydrogens (tertiary/aromatic N) is 1. The maximum atomic E-state index is 6.09. The van der Waals surface area contributed by atoms with E-state index in [4.69, 9.17) is 32.7 Å². The van der Waals surface area contributed by atoms with Gasteiger partial charge >= 0.3 is 0 Å². The molecule has 0 radical (unpaired) electrons. The van der Waals surface area contributed by atoms with Gasteiger partial charge < -0.3 is 9.47 Å². The van der Waals surface area contributed by atoms with Crippen molar-refractivity contribution in [2.45, 2.75) is 27.4 Å². The summed E-state index contributed by atoms with van der Waals surface area (Å²) in [6, 6.07) is 10.7. The molecule has 0 atom stereocenters. The van der Waals surface area contributed by atoms with Crippen LogP contribution in [0.3, 0.4) is 0 Å². The Kier molecular flexibility index (Phi) is 5.68. The lowest BCUT2D eigenvalue weighted by molar-refractivity contribution is 0.0579. The van der Waals surface area contributed by atoms with Crippen LogP contribution in [0.1, 0.15) is 26.5 Å². The van der Waals surface area contributed by atoms with Crippen LogP contribution in [0, 0.1) is 5.41 Å². The molecule has 0 bridgehead atoms. The Bertz CT molecular complexity index is 619. The van der Waals surface area contributed by atoms with E-state index in [2.05, 4.69) is 25.8 Å². The molecule has 2 rings (SSSR count). The first-order valence-electron chi connectivity index (χ1n) is 7.01. The summed E-state index contributed by atoms with van der Waals surface area (Å²) in [5.74, 6) is 0.845. The van der Waals surface area contributed by atoms with Gasteiger partial charge in [-0.25, -0.2) is 4.98 Å². The molecule has 1 heterocycles. The zero-order valence-electron chi connectivity index (χ0n) is 12.9. The summed E-state index contributed by atoms with van der Waals surface area (Å²) in [6.07, 6.45) is 0. The predicted molar refractivity (Wildman–Crippen MR) is 89.9 cm³/mol. The molecule has 0 spiro atoms. The fourth-order valence-electron chi connectivity index (χ4n) is 1.74. The van der Waals surface area contributed by atoms with Crippen molar-refractivity contribution in [1.82, 2.24) is 4.98 Å². The monoisotopic (exact) mass is 339 g/mol. The van der Waals surface area contributed by atoms with Gasteiger partial charge in [0.1, 0.15) is 0 Å². The Balaban J connectivity index is 2.05. The van der Waals surface area contributed by atoms with E-state index < -0.39 is 0 Å². The molecule has 118 valence electrons. The van der Waals surface area contributed by atoms with Gasteiger partial charge in [-0.05, 0) is 23.6 Å². The lowest BCUT2D eigenvalue weighted by atomic mass is 9.99. The van der Waals surface area contributed by atoms with Gasteiger partial charge in [-0.1, -0.05) is 56.1 Å². The van der Waals surface area contributed by atoms with E-state index in [1.807, 2.05) is 12.1 Å². The number of ether oxygens (including phenoxy) is 2. The second-order valence-corrected chi connectivity index (χ2v) is 6.99. The zero-order chi connectivity index (χ0) is 16.2. The molecule has 0 amide bonds. The molecule has 2 aromatic rings.